The molecule has 0 saturated carbocycles. The van der Waals surface area contributed by atoms with Gasteiger partial charge in [0, 0.05) is 18.9 Å². The minimum Gasteiger partial charge on any atom is -0.492 e. The average molecular weight is 342 g/mol. The van der Waals surface area contributed by atoms with E-state index in [-0.39, 0.29) is 12.0 Å². The zero-order chi connectivity index (χ0) is 17.3. The van der Waals surface area contributed by atoms with Crippen molar-refractivity contribution in [3.63, 3.8) is 0 Å². The molecule has 1 fully saturated rings. The largest absolute Gasteiger partial charge is 0.492 e. The van der Waals surface area contributed by atoms with Gasteiger partial charge in [-0.15, -0.1) is 0 Å². The van der Waals surface area contributed by atoms with Crippen LogP contribution >= 0.6 is 0 Å². The van der Waals surface area contributed by atoms with Gasteiger partial charge in [0.05, 0.1) is 18.2 Å². The monoisotopic (exact) mass is 342 g/mol. The fraction of sp³-hybridized carbons (Fsp3) is 0.368. The number of benzene rings is 1. The number of aromatic nitrogens is 1. The fourth-order valence-corrected chi connectivity index (χ4v) is 2.51. The standard InChI is InChI=1S/C19H22N2O4/c22-19(20-10-12-24-16-5-2-1-3-6-16)15-8-9-18(21-13-15)25-14-17-7-4-11-23-17/h1-3,5-6,8-9,13,17H,4,7,10-12,14H2,(H,20,22)/t17-/m0/s1. The summed E-state index contributed by atoms with van der Waals surface area (Å²) in [6.45, 7) is 2.13. The number of nitrogens with one attached hydrogen (secondary N) is 1. The van der Waals surface area contributed by atoms with Crippen LogP contribution in [0, 0.1) is 0 Å². The zero-order valence-electron chi connectivity index (χ0n) is 14.0. The predicted octanol–water partition coefficient (Wildman–Crippen LogP) is 2.45. The number of ether oxygens (including phenoxy) is 3. The molecule has 0 spiro atoms. The summed E-state index contributed by atoms with van der Waals surface area (Å²) in [6, 6.07) is 12.9. The number of nitrogens with zero attached hydrogens (tertiary/aromatic N) is 1. The number of carbonyl (C=O) groups is 1. The smallest absolute Gasteiger partial charge is 0.252 e. The van der Waals surface area contributed by atoms with Crippen molar-refractivity contribution in [3.05, 3.63) is 54.2 Å². The molecule has 1 atom stereocenters. The van der Waals surface area contributed by atoms with E-state index < -0.39 is 0 Å². The van der Waals surface area contributed by atoms with E-state index in [0.29, 0.717) is 31.2 Å². The van der Waals surface area contributed by atoms with E-state index in [1.165, 1.54) is 6.20 Å². The van der Waals surface area contributed by atoms with Gasteiger partial charge in [-0.25, -0.2) is 4.98 Å². The van der Waals surface area contributed by atoms with Crippen LogP contribution in [0.1, 0.15) is 23.2 Å². The summed E-state index contributed by atoms with van der Waals surface area (Å²) in [5.74, 6) is 1.10. The first-order valence-corrected chi connectivity index (χ1v) is 8.48. The van der Waals surface area contributed by atoms with Gasteiger partial charge < -0.3 is 19.5 Å². The van der Waals surface area contributed by atoms with Crippen molar-refractivity contribution in [2.24, 2.45) is 0 Å². The van der Waals surface area contributed by atoms with Crippen molar-refractivity contribution in [2.45, 2.75) is 18.9 Å². The molecule has 1 amide bonds. The van der Waals surface area contributed by atoms with Gasteiger partial charge in [0.1, 0.15) is 19.0 Å². The SMILES string of the molecule is O=C(NCCOc1ccccc1)c1ccc(OC[C@@H]2CCCO2)nc1. The number of hydrogen-bond donors (Lipinski definition) is 1. The van der Waals surface area contributed by atoms with Gasteiger partial charge in [0.15, 0.2) is 0 Å². The lowest BCUT2D eigenvalue weighted by Crippen LogP contribution is -2.28. The third-order valence-electron chi connectivity index (χ3n) is 3.84. The van der Waals surface area contributed by atoms with Gasteiger partial charge in [-0.3, -0.25) is 4.79 Å². The summed E-state index contributed by atoms with van der Waals surface area (Å²) in [5.41, 5.74) is 0.490. The highest BCUT2D eigenvalue weighted by atomic mass is 16.5. The van der Waals surface area contributed by atoms with Crippen LogP contribution in [0.4, 0.5) is 0 Å². The van der Waals surface area contributed by atoms with Crippen LogP contribution in [0.3, 0.4) is 0 Å². The Morgan fingerprint density at radius 3 is 2.80 bits per heavy atom. The van der Waals surface area contributed by atoms with Gasteiger partial charge in [-0.2, -0.15) is 0 Å². The number of para-hydroxylation sites is 1. The Balaban J connectivity index is 1.38. The van der Waals surface area contributed by atoms with Gasteiger partial charge in [0.25, 0.3) is 5.91 Å². The quantitative estimate of drug-likeness (QED) is 0.746. The molecular weight excluding hydrogens is 320 g/mol. The highest BCUT2D eigenvalue weighted by Gasteiger charge is 2.16. The molecule has 0 radical (unpaired) electrons. The van der Waals surface area contributed by atoms with Crippen LogP contribution in [0.5, 0.6) is 11.6 Å². The second-order valence-corrected chi connectivity index (χ2v) is 5.75. The summed E-state index contributed by atoms with van der Waals surface area (Å²) >= 11 is 0. The Bertz CT molecular complexity index is 655. The lowest BCUT2D eigenvalue weighted by atomic mass is 10.2. The lowest BCUT2D eigenvalue weighted by molar-refractivity contribution is 0.0663. The van der Waals surface area contributed by atoms with Gasteiger partial charge >= 0.3 is 0 Å². The van der Waals surface area contributed by atoms with E-state index >= 15 is 0 Å². The Morgan fingerprint density at radius 2 is 2.08 bits per heavy atom. The van der Waals surface area contributed by atoms with E-state index in [1.807, 2.05) is 30.3 Å². The van der Waals surface area contributed by atoms with E-state index in [9.17, 15) is 4.79 Å². The molecule has 1 saturated heterocycles. The topological polar surface area (TPSA) is 69.7 Å². The summed E-state index contributed by atoms with van der Waals surface area (Å²) in [5, 5.41) is 2.80. The van der Waals surface area contributed by atoms with Crippen molar-refractivity contribution < 1.29 is 19.0 Å². The zero-order valence-corrected chi connectivity index (χ0v) is 14.0. The minimum atomic E-state index is -0.185. The summed E-state index contributed by atoms with van der Waals surface area (Å²) in [4.78, 5) is 16.2. The Kier molecular flexibility index (Phi) is 6.23. The Labute approximate surface area is 147 Å². The van der Waals surface area contributed by atoms with E-state index in [0.717, 1.165) is 25.2 Å². The predicted molar refractivity (Wildman–Crippen MR) is 93.0 cm³/mol. The van der Waals surface area contributed by atoms with Crippen molar-refractivity contribution in [1.29, 1.82) is 0 Å². The summed E-state index contributed by atoms with van der Waals surface area (Å²) in [7, 11) is 0. The fourth-order valence-electron chi connectivity index (χ4n) is 2.51. The second kappa shape index (κ2) is 9.03. The first-order valence-electron chi connectivity index (χ1n) is 8.48. The molecule has 6 heteroatoms. The molecule has 0 unspecified atom stereocenters. The number of hydrogen-bond acceptors (Lipinski definition) is 5. The maximum Gasteiger partial charge on any atom is 0.252 e. The first kappa shape index (κ1) is 17.2. The van der Waals surface area contributed by atoms with Crippen LogP contribution < -0.4 is 14.8 Å². The van der Waals surface area contributed by atoms with E-state index in [4.69, 9.17) is 14.2 Å². The highest BCUT2D eigenvalue weighted by Crippen LogP contribution is 2.14. The molecule has 1 aromatic heterocycles. The molecule has 2 heterocycles. The summed E-state index contributed by atoms with van der Waals surface area (Å²) in [6.07, 6.45) is 3.76. The molecule has 0 bridgehead atoms. The van der Waals surface area contributed by atoms with Crippen molar-refractivity contribution in [1.82, 2.24) is 10.3 Å². The van der Waals surface area contributed by atoms with Gasteiger partial charge in [-0.1, -0.05) is 18.2 Å². The Hall–Kier alpha value is -2.60. The third kappa shape index (κ3) is 5.46. The molecule has 1 aliphatic heterocycles. The molecule has 132 valence electrons. The molecule has 3 rings (SSSR count). The number of pyridine rings is 1. The van der Waals surface area contributed by atoms with Gasteiger partial charge in [-0.05, 0) is 31.0 Å². The normalized spacial score (nSPS) is 16.4. The van der Waals surface area contributed by atoms with E-state index in [1.54, 1.807) is 12.1 Å². The third-order valence-corrected chi connectivity index (χ3v) is 3.84. The number of rotatable bonds is 8. The highest BCUT2D eigenvalue weighted by molar-refractivity contribution is 5.93. The number of carbonyl (C=O) groups excluding carboxylic acids is 1. The number of amides is 1. The minimum absolute atomic E-state index is 0.148. The van der Waals surface area contributed by atoms with Crippen molar-refractivity contribution >= 4 is 5.91 Å². The maximum atomic E-state index is 12.1. The molecule has 1 aliphatic rings. The first-order chi connectivity index (χ1) is 12.3. The molecule has 0 aliphatic carbocycles. The molecule has 6 nitrogen and oxygen atoms in total. The molecule has 1 aromatic carbocycles. The maximum absolute atomic E-state index is 12.1. The van der Waals surface area contributed by atoms with Crippen LogP contribution in [-0.2, 0) is 4.74 Å². The molecule has 25 heavy (non-hydrogen) atoms. The van der Waals surface area contributed by atoms with Crippen molar-refractivity contribution in [3.8, 4) is 11.6 Å². The van der Waals surface area contributed by atoms with Crippen LogP contribution in [0.15, 0.2) is 48.7 Å². The van der Waals surface area contributed by atoms with Crippen LogP contribution in [0.2, 0.25) is 0 Å². The Morgan fingerprint density at radius 1 is 1.20 bits per heavy atom. The van der Waals surface area contributed by atoms with Gasteiger partial charge in [0.2, 0.25) is 5.88 Å². The average Bonchev–Trinajstić information content (AvgIpc) is 3.18. The summed E-state index contributed by atoms with van der Waals surface area (Å²) < 4.78 is 16.6. The lowest BCUT2D eigenvalue weighted by Gasteiger charge is -2.11. The van der Waals surface area contributed by atoms with Crippen LogP contribution in [0.25, 0.3) is 0 Å². The van der Waals surface area contributed by atoms with Crippen LogP contribution in [-0.4, -0.2) is 43.4 Å². The second-order valence-electron chi connectivity index (χ2n) is 5.75. The molecular formula is C19H22N2O4. The van der Waals surface area contributed by atoms with Crippen molar-refractivity contribution in [2.75, 3.05) is 26.4 Å². The molecule has 2 aromatic rings. The van der Waals surface area contributed by atoms with E-state index in [2.05, 4.69) is 10.3 Å². The molecule has 1 N–H and O–H groups in total.